The normalized spacial score (nSPS) is 11.6. The van der Waals surface area contributed by atoms with Crippen molar-refractivity contribution in [2.45, 2.75) is 46.8 Å². The first-order valence-corrected chi connectivity index (χ1v) is 9.68. The highest BCUT2D eigenvalue weighted by Gasteiger charge is 2.20. The molecule has 0 N–H and O–H groups in total. The molecular weight excluding hydrogens is 422 g/mol. The van der Waals surface area contributed by atoms with Gasteiger partial charge in [0.2, 0.25) is 0 Å². The van der Waals surface area contributed by atoms with Gasteiger partial charge in [-0.05, 0) is 52.3 Å². The summed E-state index contributed by atoms with van der Waals surface area (Å²) in [7, 11) is 0. The molecule has 0 atom stereocenters. The summed E-state index contributed by atoms with van der Waals surface area (Å²) in [5.41, 5.74) is 2.49. The summed E-state index contributed by atoms with van der Waals surface area (Å²) < 4.78 is 8.00. The van der Waals surface area contributed by atoms with Crippen LogP contribution >= 0.6 is 15.9 Å². The molecule has 6 nitrogen and oxygen atoms in total. The topological polar surface area (TPSA) is 74.1 Å². The summed E-state index contributed by atoms with van der Waals surface area (Å²) in [6.07, 6.45) is 5.21. The fourth-order valence-corrected chi connectivity index (χ4v) is 3.55. The minimum absolute atomic E-state index is 0.0283. The van der Waals surface area contributed by atoms with E-state index in [-0.39, 0.29) is 18.3 Å². The summed E-state index contributed by atoms with van der Waals surface area (Å²) in [5, 5.41) is 0.773. The van der Waals surface area contributed by atoms with Crippen LogP contribution < -0.4 is 0 Å². The first-order valence-electron chi connectivity index (χ1n) is 8.89. The second kappa shape index (κ2) is 7.47. The van der Waals surface area contributed by atoms with Crippen LogP contribution in [0.3, 0.4) is 0 Å². The lowest BCUT2D eigenvalue weighted by molar-refractivity contribution is -0.155. The van der Waals surface area contributed by atoms with Crippen LogP contribution in [-0.4, -0.2) is 31.9 Å². The average Bonchev–Trinajstić information content (AvgIpc) is 2.91. The highest BCUT2D eigenvalue weighted by molar-refractivity contribution is 9.10. The van der Waals surface area contributed by atoms with Crippen molar-refractivity contribution < 1.29 is 14.3 Å². The van der Waals surface area contributed by atoms with Crippen LogP contribution in [0.5, 0.6) is 0 Å². The molecule has 3 rings (SSSR count). The van der Waals surface area contributed by atoms with Gasteiger partial charge in [0.15, 0.2) is 5.78 Å². The molecular formula is C21H22BrN3O3. The van der Waals surface area contributed by atoms with Crippen molar-refractivity contribution in [3.8, 4) is 11.1 Å². The Balaban J connectivity index is 2.10. The number of aromatic nitrogens is 3. The second-order valence-corrected chi connectivity index (χ2v) is 8.54. The maximum atomic E-state index is 12.3. The molecule has 0 aliphatic heterocycles. The zero-order valence-electron chi connectivity index (χ0n) is 16.5. The van der Waals surface area contributed by atoms with Crippen molar-refractivity contribution >= 4 is 38.6 Å². The molecule has 0 aliphatic carbocycles. The number of hydrogen-bond donors (Lipinski definition) is 0. The number of Topliss-reactive ketones (excluding diaryl/α,β-unsaturated/α-hetero) is 1. The number of ketones is 1. The fraction of sp³-hybridized carbons (Fsp3) is 0.333. The molecule has 0 radical (unpaired) electrons. The van der Waals surface area contributed by atoms with Crippen molar-refractivity contribution in [1.82, 2.24) is 14.5 Å². The van der Waals surface area contributed by atoms with Gasteiger partial charge in [-0.3, -0.25) is 9.59 Å². The number of carbonyl (C=O) groups excluding carboxylic acids is 2. The quantitative estimate of drug-likeness (QED) is 0.430. The summed E-state index contributed by atoms with van der Waals surface area (Å²) in [4.78, 5) is 33.0. The predicted molar refractivity (Wildman–Crippen MR) is 111 cm³/mol. The minimum atomic E-state index is -0.567. The lowest BCUT2D eigenvalue weighted by Crippen LogP contribution is -2.26. The summed E-state index contributed by atoms with van der Waals surface area (Å²) in [5.74, 6) is 0.266. The Hall–Kier alpha value is -2.54. The molecule has 2 heterocycles. The van der Waals surface area contributed by atoms with Gasteiger partial charge in [0, 0.05) is 39.6 Å². The van der Waals surface area contributed by atoms with Gasteiger partial charge in [-0.1, -0.05) is 15.9 Å². The number of esters is 1. The Kier molecular flexibility index (Phi) is 5.39. The summed E-state index contributed by atoms with van der Waals surface area (Å²) >= 11 is 3.60. The van der Waals surface area contributed by atoms with Gasteiger partial charge in [0.25, 0.3) is 0 Å². The van der Waals surface area contributed by atoms with Crippen LogP contribution in [0, 0.1) is 6.92 Å². The zero-order chi connectivity index (χ0) is 20.6. The number of benzene rings is 1. The van der Waals surface area contributed by atoms with E-state index < -0.39 is 5.60 Å². The second-order valence-electron chi connectivity index (χ2n) is 7.68. The number of rotatable bonds is 4. The van der Waals surface area contributed by atoms with E-state index in [0.29, 0.717) is 11.4 Å². The van der Waals surface area contributed by atoms with Crippen LogP contribution in [0.1, 0.15) is 43.9 Å². The van der Waals surface area contributed by atoms with Gasteiger partial charge in [-0.2, -0.15) is 0 Å². The number of ether oxygens (including phenoxy) is 1. The van der Waals surface area contributed by atoms with E-state index in [9.17, 15) is 9.59 Å². The van der Waals surface area contributed by atoms with Crippen molar-refractivity contribution in [2.75, 3.05) is 0 Å². The molecule has 7 heteroatoms. The van der Waals surface area contributed by atoms with Crippen molar-refractivity contribution in [3.63, 3.8) is 0 Å². The van der Waals surface area contributed by atoms with E-state index in [1.54, 1.807) is 23.2 Å². The van der Waals surface area contributed by atoms with Gasteiger partial charge in [-0.25, -0.2) is 9.97 Å². The van der Waals surface area contributed by atoms with E-state index in [4.69, 9.17) is 4.74 Å². The van der Waals surface area contributed by atoms with E-state index in [1.165, 1.54) is 6.92 Å². The average molecular weight is 444 g/mol. The number of hydrogen-bond acceptors (Lipinski definition) is 5. The molecule has 0 amide bonds. The molecule has 0 saturated heterocycles. The van der Waals surface area contributed by atoms with E-state index in [2.05, 4.69) is 25.9 Å². The predicted octanol–water partition coefficient (Wildman–Crippen LogP) is 4.71. The first kappa shape index (κ1) is 20.2. The van der Waals surface area contributed by atoms with Gasteiger partial charge in [0.05, 0.1) is 5.52 Å². The standard InChI is InChI=1S/C21H22BrN3O3/c1-12(26)17-10-25(11-20(27)28-21(3,4)5)19-7-18(22)15(6-16(17)19)14-8-23-13(2)24-9-14/h6-10H,11H2,1-5H3. The molecule has 1 aromatic carbocycles. The Bertz CT molecular complexity index is 1060. The number of aryl methyl sites for hydroxylation is 1. The zero-order valence-corrected chi connectivity index (χ0v) is 18.1. The van der Waals surface area contributed by atoms with E-state index in [1.807, 2.05) is 39.8 Å². The molecule has 0 unspecified atom stereocenters. The molecule has 0 saturated carbocycles. The van der Waals surface area contributed by atoms with Crippen LogP contribution in [0.4, 0.5) is 0 Å². The Morgan fingerprint density at radius 2 is 1.82 bits per heavy atom. The molecule has 0 aliphatic rings. The third kappa shape index (κ3) is 4.30. The highest BCUT2D eigenvalue weighted by Crippen LogP contribution is 2.34. The van der Waals surface area contributed by atoms with Gasteiger partial charge < -0.3 is 9.30 Å². The summed E-state index contributed by atoms with van der Waals surface area (Å²) in [6, 6.07) is 3.83. The molecule has 2 aromatic heterocycles. The van der Waals surface area contributed by atoms with Gasteiger partial charge in [0.1, 0.15) is 18.0 Å². The maximum Gasteiger partial charge on any atom is 0.326 e. The van der Waals surface area contributed by atoms with Crippen LogP contribution in [-0.2, 0) is 16.1 Å². The van der Waals surface area contributed by atoms with Crippen molar-refractivity contribution in [3.05, 3.63) is 46.6 Å². The molecule has 146 valence electrons. The molecule has 0 bridgehead atoms. The molecule has 0 fully saturated rings. The Labute approximate surface area is 172 Å². The first-order chi connectivity index (χ1) is 13.0. The van der Waals surface area contributed by atoms with Crippen LogP contribution in [0.25, 0.3) is 22.0 Å². The number of nitrogens with zero attached hydrogens (tertiary/aromatic N) is 3. The molecule has 0 spiro atoms. The van der Waals surface area contributed by atoms with E-state index in [0.717, 1.165) is 26.5 Å². The number of halogens is 1. The largest absolute Gasteiger partial charge is 0.459 e. The van der Waals surface area contributed by atoms with Crippen molar-refractivity contribution in [2.24, 2.45) is 0 Å². The minimum Gasteiger partial charge on any atom is -0.459 e. The monoisotopic (exact) mass is 443 g/mol. The Morgan fingerprint density at radius 1 is 1.18 bits per heavy atom. The Morgan fingerprint density at radius 3 is 2.39 bits per heavy atom. The maximum absolute atomic E-state index is 12.3. The lowest BCUT2D eigenvalue weighted by atomic mass is 10.0. The van der Waals surface area contributed by atoms with Crippen LogP contribution in [0.15, 0.2) is 35.2 Å². The summed E-state index contributed by atoms with van der Waals surface area (Å²) in [6.45, 7) is 8.85. The number of carbonyl (C=O) groups is 2. The van der Waals surface area contributed by atoms with Crippen molar-refractivity contribution in [1.29, 1.82) is 0 Å². The van der Waals surface area contributed by atoms with Crippen LogP contribution in [0.2, 0.25) is 0 Å². The lowest BCUT2D eigenvalue weighted by Gasteiger charge is -2.19. The molecule has 3 aromatic rings. The molecule has 28 heavy (non-hydrogen) atoms. The third-order valence-electron chi connectivity index (χ3n) is 4.16. The smallest absolute Gasteiger partial charge is 0.326 e. The van der Waals surface area contributed by atoms with Gasteiger partial charge in [-0.15, -0.1) is 0 Å². The SMILES string of the molecule is CC(=O)c1cn(CC(=O)OC(C)(C)C)c2cc(Br)c(-c3cnc(C)nc3)cc12. The highest BCUT2D eigenvalue weighted by atomic mass is 79.9. The number of fused-ring (bicyclic) bond motifs is 1. The fourth-order valence-electron chi connectivity index (χ4n) is 2.99. The van der Waals surface area contributed by atoms with Gasteiger partial charge >= 0.3 is 5.97 Å². The third-order valence-corrected chi connectivity index (χ3v) is 4.82. The van der Waals surface area contributed by atoms with E-state index >= 15 is 0 Å².